The number of anilines is 1. The summed E-state index contributed by atoms with van der Waals surface area (Å²) in [6.45, 7) is 2.07. The Labute approximate surface area is 177 Å². The molecular formula is C21H22N8O2. The fraction of sp³-hybridized carbons (Fsp3) is 0.333. The van der Waals surface area contributed by atoms with Crippen LogP contribution in [0, 0.1) is 5.92 Å². The van der Waals surface area contributed by atoms with Gasteiger partial charge in [-0.25, -0.2) is 19.3 Å². The summed E-state index contributed by atoms with van der Waals surface area (Å²) in [5, 5.41) is 9.14. The fourth-order valence-electron chi connectivity index (χ4n) is 4.07. The molecule has 3 aromatic heterocycles. The van der Waals surface area contributed by atoms with Crippen LogP contribution in [0.3, 0.4) is 0 Å². The molecule has 0 amide bonds. The van der Waals surface area contributed by atoms with Crippen molar-refractivity contribution in [2.75, 3.05) is 18.0 Å². The van der Waals surface area contributed by atoms with Gasteiger partial charge in [0.2, 0.25) is 5.95 Å². The van der Waals surface area contributed by atoms with Crippen LogP contribution < -0.4 is 16.0 Å². The topological polar surface area (TPSA) is 104 Å². The van der Waals surface area contributed by atoms with Gasteiger partial charge in [-0.3, -0.25) is 14.2 Å². The van der Waals surface area contributed by atoms with E-state index in [2.05, 4.69) is 20.1 Å². The Morgan fingerprint density at radius 2 is 1.87 bits per heavy atom. The third-order valence-corrected chi connectivity index (χ3v) is 5.79. The first-order chi connectivity index (χ1) is 15.1. The van der Waals surface area contributed by atoms with Gasteiger partial charge in [-0.1, -0.05) is 12.1 Å². The number of benzene rings is 1. The third-order valence-electron chi connectivity index (χ3n) is 5.79. The van der Waals surface area contributed by atoms with Crippen molar-refractivity contribution < 1.29 is 0 Å². The molecule has 0 radical (unpaired) electrons. The van der Waals surface area contributed by atoms with Crippen LogP contribution in [0.15, 0.2) is 58.6 Å². The van der Waals surface area contributed by atoms with E-state index in [1.165, 1.54) is 21.8 Å². The lowest BCUT2D eigenvalue weighted by atomic mass is 9.97. The average Bonchev–Trinajstić information content (AvgIpc) is 3.33. The van der Waals surface area contributed by atoms with Gasteiger partial charge in [0.15, 0.2) is 5.82 Å². The number of aromatic nitrogens is 7. The van der Waals surface area contributed by atoms with E-state index in [1.807, 2.05) is 18.2 Å². The van der Waals surface area contributed by atoms with Crippen LogP contribution in [0.1, 0.15) is 12.8 Å². The highest BCUT2D eigenvalue weighted by molar-refractivity contribution is 5.78. The van der Waals surface area contributed by atoms with Crippen LogP contribution in [-0.4, -0.2) is 47.2 Å². The summed E-state index contributed by atoms with van der Waals surface area (Å²) >= 11 is 0. The predicted molar refractivity (Wildman–Crippen MR) is 115 cm³/mol. The molecule has 1 aliphatic rings. The molecule has 0 unspecified atom stereocenters. The highest BCUT2D eigenvalue weighted by Crippen LogP contribution is 2.23. The van der Waals surface area contributed by atoms with Crippen LogP contribution in [0.5, 0.6) is 0 Å². The first kappa shape index (κ1) is 19.2. The van der Waals surface area contributed by atoms with E-state index in [0.717, 1.165) is 25.9 Å². The minimum absolute atomic E-state index is 0.0385. The number of hydrogen-bond acceptors (Lipinski definition) is 7. The number of rotatable bonds is 4. The maximum absolute atomic E-state index is 12.7. The van der Waals surface area contributed by atoms with Gasteiger partial charge in [-0.15, -0.1) is 5.10 Å². The lowest BCUT2D eigenvalue weighted by Gasteiger charge is -2.33. The van der Waals surface area contributed by atoms with Gasteiger partial charge < -0.3 is 4.90 Å². The molecule has 10 heteroatoms. The van der Waals surface area contributed by atoms with Crippen molar-refractivity contribution in [1.29, 1.82) is 0 Å². The van der Waals surface area contributed by atoms with Gasteiger partial charge in [0.25, 0.3) is 11.1 Å². The maximum atomic E-state index is 12.7. The van der Waals surface area contributed by atoms with E-state index in [4.69, 9.17) is 4.98 Å². The second-order valence-corrected chi connectivity index (χ2v) is 7.78. The summed E-state index contributed by atoms with van der Waals surface area (Å²) in [5.74, 6) is 1.56. The van der Waals surface area contributed by atoms with Crippen molar-refractivity contribution in [3.05, 3.63) is 69.8 Å². The van der Waals surface area contributed by atoms with Crippen LogP contribution in [0.2, 0.25) is 0 Å². The van der Waals surface area contributed by atoms with Gasteiger partial charge in [0.05, 0.1) is 10.9 Å². The molecule has 0 atom stereocenters. The molecule has 4 heterocycles. The molecule has 0 bridgehead atoms. The van der Waals surface area contributed by atoms with Crippen molar-refractivity contribution in [1.82, 2.24) is 34.1 Å². The number of hydrogen-bond donors (Lipinski definition) is 0. The summed E-state index contributed by atoms with van der Waals surface area (Å²) in [4.78, 5) is 35.8. The van der Waals surface area contributed by atoms with E-state index < -0.39 is 0 Å². The Kier molecular flexibility index (Phi) is 4.81. The van der Waals surface area contributed by atoms with Crippen LogP contribution in [-0.2, 0) is 13.6 Å². The number of para-hydroxylation sites is 1. The zero-order valence-corrected chi connectivity index (χ0v) is 17.1. The van der Waals surface area contributed by atoms with Gasteiger partial charge in [-0.05, 0) is 37.0 Å². The van der Waals surface area contributed by atoms with Gasteiger partial charge in [0, 0.05) is 32.7 Å². The SMILES string of the molecule is Cn1c(N2CCC(Cn3nc(-n4cncn4)ccc3=O)CC2)nc2ccccc2c1=O. The van der Waals surface area contributed by atoms with Crippen molar-refractivity contribution in [3.8, 4) is 5.82 Å². The summed E-state index contributed by atoms with van der Waals surface area (Å²) in [6, 6.07) is 10.6. The van der Waals surface area contributed by atoms with E-state index >= 15 is 0 Å². The fourth-order valence-corrected chi connectivity index (χ4v) is 4.07. The Hall–Kier alpha value is -3.82. The zero-order valence-electron chi connectivity index (χ0n) is 17.1. The average molecular weight is 418 g/mol. The zero-order chi connectivity index (χ0) is 21.4. The molecule has 5 rings (SSSR count). The maximum Gasteiger partial charge on any atom is 0.266 e. The largest absolute Gasteiger partial charge is 0.342 e. The van der Waals surface area contributed by atoms with Crippen molar-refractivity contribution in [2.24, 2.45) is 13.0 Å². The predicted octanol–water partition coefficient (Wildman–Crippen LogP) is 0.987. The van der Waals surface area contributed by atoms with Crippen LogP contribution in [0.4, 0.5) is 5.95 Å². The lowest BCUT2D eigenvalue weighted by molar-refractivity contribution is 0.331. The molecule has 0 aliphatic carbocycles. The monoisotopic (exact) mass is 418 g/mol. The molecule has 0 spiro atoms. The van der Waals surface area contributed by atoms with Crippen LogP contribution in [0.25, 0.3) is 16.7 Å². The second kappa shape index (κ2) is 7.78. The van der Waals surface area contributed by atoms with Gasteiger partial charge in [0.1, 0.15) is 12.7 Å². The summed E-state index contributed by atoms with van der Waals surface area (Å²) in [7, 11) is 1.77. The lowest BCUT2D eigenvalue weighted by Crippen LogP contribution is -2.40. The molecule has 10 nitrogen and oxygen atoms in total. The standard InChI is InChI=1S/C21H22N8O2/c1-26-20(31)16-4-2-3-5-17(16)24-21(26)27-10-8-15(9-11-27)12-28-19(30)7-6-18(25-28)29-14-22-13-23-29/h2-7,13-15H,8-12H2,1H3. The molecule has 31 heavy (non-hydrogen) atoms. The second-order valence-electron chi connectivity index (χ2n) is 7.78. The Morgan fingerprint density at radius 1 is 1.06 bits per heavy atom. The quantitative estimate of drug-likeness (QED) is 0.487. The summed E-state index contributed by atoms with van der Waals surface area (Å²) in [6.07, 6.45) is 4.74. The van der Waals surface area contributed by atoms with Gasteiger partial charge >= 0.3 is 0 Å². The molecule has 1 fully saturated rings. The van der Waals surface area contributed by atoms with Crippen molar-refractivity contribution in [2.45, 2.75) is 19.4 Å². The molecule has 158 valence electrons. The Balaban J connectivity index is 1.32. The molecule has 4 aromatic rings. The molecule has 1 aromatic carbocycles. The Bertz CT molecular complexity index is 1330. The highest BCUT2D eigenvalue weighted by atomic mass is 16.1. The molecule has 0 saturated carbocycles. The first-order valence-electron chi connectivity index (χ1n) is 10.2. The Morgan fingerprint density at radius 3 is 2.65 bits per heavy atom. The molecule has 0 N–H and O–H groups in total. The van der Waals surface area contributed by atoms with Crippen molar-refractivity contribution >= 4 is 16.9 Å². The summed E-state index contributed by atoms with van der Waals surface area (Å²) < 4.78 is 4.65. The molecule has 1 saturated heterocycles. The third kappa shape index (κ3) is 3.60. The first-order valence-corrected chi connectivity index (χ1v) is 10.2. The number of nitrogens with zero attached hydrogens (tertiary/aromatic N) is 8. The van der Waals surface area contributed by atoms with Gasteiger partial charge in [-0.2, -0.15) is 5.10 Å². The molecular weight excluding hydrogens is 396 g/mol. The van der Waals surface area contributed by atoms with E-state index in [0.29, 0.717) is 35.1 Å². The highest BCUT2D eigenvalue weighted by Gasteiger charge is 2.23. The summed E-state index contributed by atoms with van der Waals surface area (Å²) in [5.41, 5.74) is 0.539. The normalized spacial score (nSPS) is 14.9. The number of fused-ring (bicyclic) bond motifs is 1. The number of piperidine rings is 1. The van der Waals surface area contributed by atoms with E-state index in [9.17, 15) is 9.59 Å². The van der Waals surface area contributed by atoms with Crippen LogP contribution >= 0.6 is 0 Å². The molecule has 1 aliphatic heterocycles. The van der Waals surface area contributed by atoms with Crippen molar-refractivity contribution in [3.63, 3.8) is 0 Å². The van der Waals surface area contributed by atoms with E-state index in [-0.39, 0.29) is 11.1 Å². The minimum atomic E-state index is -0.134. The smallest absolute Gasteiger partial charge is 0.266 e. The minimum Gasteiger partial charge on any atom is -0.342 e. The van der Waals surface area contributed by atoms with E-state index in [1.54, 1.807) is 30.1 Å².